The summed E-state index contributed by atoms with van der Waals surface area (Å²) >= 11 is 1.06. The Morgan fingerprint density at radius 2 is 1.87 bits per heavy atom. The van der Waals surface area contributed by atoms with Crippen LogP contribution in [0.15, 0.2) is 20.9 Å². The van der Waals surface area contributed by atoms with Gasteiger partial charge >= 0.3 is 5.97 Å². The largest absolute Gasteiger partial charge is 0.465 e. The lowest BCUT2D eigenvalue weighted by atomic mass is 9.78. The van der Waals surface area contributed by atoms with Crippen molar-refractivity contribution in [2.45, 2.75) is 38.0 Å². The number of sulfonamides is 1. The Morgan fingerprint density at radius 3 is 2.48 bits per heavy atom. The molecule has 9 nitrogen and oxygen atoms in total. The third-order valence-electron chi connectivity index (χ3n) is 6.38. The molecule has 0 radical (unpaired) electrons. The normalized spacial score (nSPS) is 19.1. The van der Waals surface area contributed by atoms with Crippen LogP contribution in [0.1, 0.15) is 50.7 Å². The highest BCUT2D eigenvalue weighted by Gasteiger charge is 2.46. The van der Waals surface area contributed by atoms with Crippen LogP contribution in [-0.2, 0) is 14.8 Å². The van der Waals surface area contributed by atoms with E-state index in [0.29, 0.717) is 43.2 Å². The lowest BCUT2D eigenvalue weighted by Crippen LogP contribution is -2.45. The molecule has 0 bridgehead atoms. The van der Waals surface area contributed by atoms with Crippen LogP contribution in [0.2, 0.25) is 0 Å². The number of hydrogen-bond acceptors (Lipinski definition) is 8. The van der Waals surface area contributed by atoms with Gasteiger partial charge in [0.05, 0.1) is 12.8 Å². The monoisotopic (exact) mass is 467 g/mol. The molecule has 2 fully saturated rings. The van der Waals surface area contributed by atoms with E-state index < -0.39 is 16.0 Å². The van der Waals surface area contributed by atoms with Crippen molar-refractivity contribution in [2.24, 2.45) is 5.41 Å². The number of esters is 1. The minimum Gasteiger partial charge on any atom is -0.465 e. The highest BCUT2D eigenvalue weighted by Crippen LogP contribution is 2.43. The van der Waals surface area contributed by atoms with Crippen molar-refractivity contribution in [1.82, 2.24) is 14.4 Å². The van der Waals surface area contributed by atoms with Crippen LogP contribution in [0.4, 0.5) is 0 Å². The van der Waals surface area contributed by atoms with E-state index in [1.165, 1.54) is 17.5 Å². The molecule has 2 saturated heterocycles. The van der Waals surface area contributed by atoms with Crippen molar-refractivity contribution in [3.05, 3.63) is 33.3 Å². The van der Waals surface area contributed by atoms with Gasteiger partial charge in [0, 0.05) is 26.2 Å². The maximum atomic E-state index is 13.2. The highest BCUT2D eigenvalue weighted by atomic mass is 32.2. The number of nitrogens with zero attached hydrogens (tertiary/aromatic N) is 3. The highest BCUT2D eigenvalue weighted by molar-refractivity contribution is 7.89. The molecule has 168 valence electrons. The smallest absolute Gasteiger partial charge is 0.349 e. The SMILES string of the molecule is COC(=O)c1sccc1S(=O)(=O)N1CCC2(CCN(C(=O)c3c(C)noc3C)CC2)C1. The Kier molecular flexibility index (Phi) is 5.69. The molecule has 2 aromatic heterocycles. The Hall–Kier alpha value is -2.24. The van der Waals surface area contributed by atoms with E-state index in [2.05, 4.69) is 5.16 Å². The van der Waals surface area contributed by atoms with Crippen LogP contribution in [0.3, 0.4) is 0 Å². The summed E-state index contributed by atoms with van der Waals surface area (Å²) < 4.78 is 37.7. The average Bonchev–Trinajstić information content (AvgIpc) is 3.47. The van der Waals surface area contributed by atoms with E-state index in [-0.39, 0.29) is 21.1 Å². The van der Waals surface area contributed by atoms with Crippen LogP contribution < -0.4 is 0 Å². The second-order valence-corrected chi connectivity index (χ2v) is 11.0. The predicted molar refractivity (Wildman–Crippen MR) is 113 cm³/mol. The van der Waals surface area contributed by atoms with Gasteiger partial charge in [-0.1, -0.05) is 5.16 Å². The van der Waals surface area contributed by atoms with Gasteiger partial charge in [0.2, 0.25) is 10.0 Å². The molecule has 0 saturated carbocycles. The number of likely N-dealkylation sites (tertiary alicyclic amines) is 1. The zero-order valence-corrected chi connectivity index (χ0v) is 19.3. The number of hydrogen-bond donors (Lipinski definition) is 0. The molecule has 0 atom stereocenters. The summed E-state index contributed by atoms with van der Waals surface area (Å²) in [5, 5.41) is 5.45. The Labute approximate surface area is 185 Å². The molecule has 2 aliphatic heterocycles. The minimum atomic E-state index is -3.79. The topological polar surface area (TPSA) is 110 Å². The van der Waals surface area contributed by atoms with E-state index in [1.807, 2.05) is 0 Å². The lowest BCUT2D eigenvalue weighted by Gasteiger charge is -2.39. The molecule has 0 N–H and O–H groups in total. The lowest BCUT2D eigenvalue weighted by molar-refractivity contribution is 0.0593. The molecule has 2 aliphatic rings. The number of piperidine rings is 1. The molecule has 11 heteroatoms. The van der Waals surface area contributed by atoms with Gasteiger partial charge in [0.25, 0.3) is 5.91 Å². The van der Waals surface area contributed by atoms with Gasteiger partial charge in [-0.05, 0) is 50.0 Å². The van der Waals surface area contributed by atoms with Crippen molar-refractivity contribution < 1.29 is 27.3 Å². The van der Waals surface area contributed by atoms with Crippen LogP contribution in [0, 0.1) is 19.3 Å². The van der Waals surface area contributed by atoms with Crippen molar-refractivity contribution in [1.29, 1.82) is 0 Å². The summed E-state index contributed by atoms with van der Waals surface area (Å²) in [6, 6.07) is 1.46. The number of methoxy groups -OCH3 is 1. The molecule has 1 amide bonds. The first kappa shape index (κ1) is 22.0. The summed E-state index contributed by atoms with van der Waals surface area (Å²) in [5.41, 5.74) is 0.932. The molecule has 4 rings (SSSR count). The molecule has 31 heavy (non-hydrogen) atoms. The van der Waals surface area contributed by atoms with Gasteiger partial charge < -0.3 is 14.2 Å². The summed E-state index contributed by atoms with van der Waals surface area (Å²) in [7, 11) is -2.55. The fraction of sp³-hybridized carbons (Fsp3) is 0.550. The van der Waals surface area contributed by atoms with Gasteiger partial charge in [-0.2, -0.15) is 4.31 Å². The number of carbonyl (C=O) groups is 2. The van der Waals surface area contributed by atoms with E-state index in [4.69, 9.17) is 9.26 Å². The van der Waals surface area contributed by atoms with Gasteiger partial charge in [0.1, 0.15) is 21.1 Å². The van der Waals surface area contributed by atoms with Crippen molar-refractivity contribution in [2.75, 3.05) is 33.3 Å². The molecular weight excluding hydrogens is 442 g/mol. The van der Waals surface area contributed by atoms with Gasteiger partial charge in [-0.15, -0.1) is 11.3 Å². The molecule has 1 spiro atoms. The zero-order chi connectivity index (χ0) is 22.4. The van der Waals surface area contributed by atoms with Crippen molar-refractivity contribution >= 4 is 33.2 Å². The van der Waals surface area contributed by atoms with Crippen molar-refractivity contribution in [3.63, 3.8) is 0 Å². The van der Waals surface area contributed by atoms with Crippen LogP contribution in [0.5, 0.6) is 0 Å². The van der Waals surface area contributed by atoms with Crippen LogP contribution >= 0.6 is 11.3 Å². The fourth-order valence-electron chi connectivity index (χ4n) is 4.52. The summed E-state index contributed by atoms with van der Waals surface area (Å²) in [5.74, 6) is -0.221. The summed E-state index contributed by atoms with van der Waals surface area (Å²) in [6.07, 6.45) is 2.18. The Bertz CT molecular complexity index is 1090. The van der Waals surface area contributed by atoms with E-state index >= 15 is 0 Å². The first-order chi connectivity index (χ1) is 14.7. The first-order valence-corrected chi connectivity index (χ1v) is 12.4. The second-order valence-electron chi connectivity index (χ2n) is 8.19. The first-order valence-electron chi connectivity index (χ1n) is 10.1. The van der Waals surface area contributed by atoms with Crippen LogP contribution in [0.25, 0.3) is 0 Å². The number of ether oxygens (including phenoxy) is 1. The standard InChI is InChI=1S/C20H25N3O6S2/c1-13-16(14(2)29-21-13)18(24)22-8-5-20(6-9-22)7-10-23(12-20)31(26,27)15-4-11-30-17(15)19(25)28-3/h4,11H,5-10,12H2,1-3H3. The molecule has 2 aromatic rings. The van der Waals surface area contributed by atoms with Gasteiger partial charge in [-0.25, -0.2) is 13.2 Å². The number of amides is 1. The zero-order valence-electron chi connectivity index (χ0n) is 17.7. The average molecular weight is 468 g/mol. The summed E-state index contributed by atoms with van der Waals surface area (Å²) in [4.78, 5) is 26.7. The molecular formula is C20H25N3O6S2. The Morgan fingerprint density at radius 1 is 1.19 bits per heavy atom. The molecule has 4 heterocycles. The Balaban J connectivity index is 1.45. The second kappa shape index (κ2) is 8.03. The predicted octanol–water partition coefficient (Wildman–Crippen LogP) is 2.46. The number of aromatic nitrogens is 1. The number of aryl methyl sites for hydroxylation is 2. The van der Waals surface area contributed by atoms with E-state index in [1.54, 1.807) is 24.1 Å². The number of carbonyl (C=O) groups excluding carboxylic acids is 2. The number of rotatable bonds is 4. The molecule has 0 aliphatic carbocycles. The molecule has 0 aromatic carbocycles. The van der Waals surface area contributed by atoms with E-state index in [9.17, 15) is 18.0 Å². The molecule has 0 unspecified atom stereocenters. The third-order valence-corrected chi connectivity index (χ3v) is 9.29. The number of thiophene rings is 1. The minimum absolute atomic E-state index is 0.00687. The van der Waals surface area contributed by atoms with E-state index in [0.717, 1.165) is 30.6 Å². The quantitative estimate of drug-likeness (QED) is 0.635. The van der Waals surface area contributed by atoms with Crippen LogP contribution in [-0.4, -0.2) is 67.9 Å². The fourth-order valence-corrected chi connectivity index (χ4v) is 7.38. The van der Waals surface area contributed by atoms with Crippen molar-refractivity contribution in [3.8, 4) is 0 Å². The summed E-state index contributed by atoms with van der Waals surface area (Å²) in [6.45, 7) is 5.38. The maximum Gasteiger partial charge on any atom is 0.349 e. The van der Waals surface area contributed by atoms with Gasteiger partial charge in [-0.3, -0.25) is 4.79 Å². The third kappa shape index (κ3) is 3.79. The maximum absolute atomic E-state index is 13.2. The van der Waals surface area contributed by atoms with Gasteiger partial charge in [0.15, 0.2) is 0 Å².